The summed E-state index contributed by atoms with van der Waals surface area (Å²) in [7, 11) is 0. The van der Waals surface area contributed by atoms with E-state index in [1.807, 2.05) is 57.2 Å². The first-order valence-corrected chi connectivity index (χ1v) is 11.1. The lowest BCUT2D eigenvalue weighted by Gasteiger charge is -2.12. The minimum Gasteiger partial charge on any atom is -0.491 e. The molecule has 0 aliphatic carbocycles. The third kappa shape index (κ3) is 7.68. The average Bonchev–Trinajstić information content (AvgIpc) is 3.30. The molecule has 0 saturated carbocycles. The van der Waals surface area contributed by atoms with E-state index in [9.17, 15) is 9.59 Å². The molecule has 2 amide bonds. The molecule has 0 aliphatic rings. The van der Waals surface area contributed by atoms with E-state index in [4.69, 9.17) is 9.15 Å². The van der Waals surface area contributed by atoms with Crippen LogP contribution in [-0.2, 0) is 11.2 Å². The molecule has 1 aromatic heterocycles. The van der Waals surface area contributed by atoms with E-state index in [1.54, 1.807) is 24.3 Å². The molecular weight excluding hydrogens is 416 g/mol. The first kappa shape index (κ1) is 23.9. The highest BCUT2D eigenvalue weighted by Crippen LogP contribution is 2.15. The Morgan fingerprint density at radius 1 is 1.06 bits per heavy atom. The Hall–Kier alpha value is -3.80. The van der Waals surface area contributed by atoms with Gasteiger partial charge in [0.05, 0.1) is 12.4 Å². The highest BCUT2D eigenvalue weighted by molar-refractivity contribution is 6.05. The van der Waals surface area contributed by atoms with E-state index in [0.29, 0.717) is 17.9 Å². The predicted octanol–water partition coefficient (Wildman–Crippen LogP) is 4.90. The van der Waals surface area contributed by atoms with Gasteiger partial charge in [0.15, 0.2) is 0 Å². The van der Waals surface area contributed by atoms with Gasteiger partial charge >= 0.3 is 0 Å². The predicted molar refractivity (Wildman–Crippen MR) is 129 cm³/mol. The first-order valence-electron chi connectivity index (χ1n) is 11.1. The molecule has 6 heteroatoms. The number of aryl methyl sites for hydroxylation is 2. The number of ether oxygens (including phenoxy) is 1. The van der Waals surface area contributed by atoms with Crippen LogP contribution in [-0.4, -0.2) is 24.5 Å². The molecule has 0 spiro atoms. The number of carbonyl (C=O) groups excluding carboxylic acids is 2. The molecule has 2 N–H and O–H groups in total. The van der Waals surface area contributed by atoms with Gasteiger partial charge in [-0.15, -0.1) is 0 Å². The maximum absolute atomic E-state index is 12.8. The molecule has 33 heavy (non-hydrogen) atoms. The Morgan fingerprint density at radius 3 is 2.52 bits per heavy atom. The third-order valence-electron chi connectivity index (χ3n) is 4.83. The van der Waals surface area contributed by atoms with Gasteiger partial charge in [0.25, 0.3) is 11.8 Å². The average molecular weight is 447 g/mol. The summed E-state index contributed by atoms with van der Waals surface area (Å²) < 4.78 is 11.0. The van der Waals surface area contributed by atoms with Crippen molar-refractivity contribution in [2.24, 2.45) is 0 Å². The quantitative estimate of drug-likeness (QED) is 0.343. The molecule has 2 aromatic carbocycles. The van der Waals surface area contributed by atoms with Crippen molar-refractivity contribution in [3.05, 3.63) is 95.1 Å². The highest BCUT2D eigenvalue weighted by Gasteiger charge is 2.15. The van der Waals surface area contributed by atoms with Crippen LogP contribution in [0.5, 0.6) is 5.75 Å². The van der Waals surface area contributed by atoms with Crippen LogP contribution in [0.25, 0.3) is 6.08 Å². The van der Waals surface area contributed by atoms with Crippen LogP contribution in [0.15, 0.2) is 77.0 Å². The number of hydrogen-bond donors (Lipinski definition) is 2. The smallest absolute Gasteiger partial charge is 0.267 e. The summed E-state index contributed by atoms with van der Waals surface area (Å²) in [5.41, 5.74) is 2.75. The second-order valence-electron chi connectivity index (χ2n) is 8.07. The Bertz CT molecular complexity index is 1080. The van der Waals surface area contributed by atoms with Crippen molar-refractivity contribution in [2.45, 2.75) is 39.7 Å². The number of carbonyl (C=O) groups is 2. The van der Waals surface area contributed by atoms with Crippen molar-refractivity contribution in [1.29, 1.82) is 0 Å². The fraction of sp³-hybridized carbons (Fsp3) is 0.259. The summed E-state index contributed by atoms with van der Waals surface area (Å²) in [6, 6.07) is 18.6. The summed E-state index contributed by atoms with van der Waals surface area (Å²) in [4.78, 5) is 25.5. The van der Waals surface area contributed by atoms with E-state index in [1.165, 1.54) is 17.9 Å². The van der Waals surface area contributed by atoms with Crippen LogP contribution < -0.4 is 15.4 Å². The van der Waals surface area contributed by atoms with Gasteiger partial charge in [-0.2, -0.15) is 0 Å². The van der Waals surface area contributed by atoms with Crippen LogP contribution in [0.4, 0.5) is 0 Å². The van der Waals surface area contributed by atoms with E-state index >= 15 is 0 Å². The van der Waals surface area contributed by atoms with Gasteiger partial charge in [-0.3, -0.25) is 9.59 Å². The molecule has 0 bridgehead atoms. The molecule has 3 aromatic rings. The fourth-order valence-corrected chi connectivity index (χ4v) is 3.25. The van der Waals surface area contributed by atoms with Crippen molar-refractivity contribution in [1.82, 2.24) is 10.6 Å². The second-order valence-corrected chi connectivity index (χ2v) is 8.07. The Balaban J connectivity index is 1.57. The van der Waals surface area contributed by atoms with Crippen molar-refractivity contribution in [3.8, 4) is 5.75 Å². The minimum atomic E-state index is -0.368. The summed E-state index contributed by atoms with van der Waals surface area (Å²) in [5.74, 6) is 0.607. The molecule has 172 valence electrons. The minimum absolute atomic E-state index is 0.131. The zero-order valence-corrected chi connectivity index (χ0v) is 19.3. The van der Waals surface area contributed by atoms with Gasteiger partial charge < -0.3 is 19.8 Å². The van der Waals surface area contributed by atoms with Crippen LogP contribution in [0.2, 0.25) is 0 Å². The Morgan fingerprint density at radius 2 is 1.85 bits per heavy atom. The maximum Gasteiger partial charge on any atom is 0.267 e. The SMILES string of the molecule is Cc1cccc(C(=O)N/C(=C\c2ccco2)C(=O)NCCCc2ccc(OC(C)C)cc2)c1. The number of benzene rings is 2. The number of furan rings is 1. The first-order chi connectivity index (χ1) is 15.9. The van der Waals surface area contributed by atoms with Gasteiger partial charge in [-0.05, 0) is 75.6 Å². The molecule has 0 saturated heterocycles. The van der Waals surface area contributed by atoms with Crippen molar-refractivity contribution < 1.29 is 18.7 Å². The lowest BCUT2D eigenvalue weighted by atomic mass is 10.1. The lowest BCUT2D eigenvalue weighted by molar-refractivity contribution is -0.117. The maximum atomic E-state index is 12.8. The zero-order valence-electron chi connectivity index (χ0n) is 19.3. The summed E-state index contributed by atoms with van der Waals surface area (Å²) >= 11 is 0. The number of rotatable bonds is 10. The number of hydrogen-bond acceptors (Lipinski definition) is 4. The molecular formula is C27H30N2O4. The van der Waals surface area contributed by atoms with E-state index in [-0.39, 0.29) is 23.6 Å². The zero-order chi connectivity index (χ0) is 23.6. The number of amides is 2. The van der Waals surface area contributed by atoms with Crippen molar-refractivity contribution in [2.75, 3.05) is 6.54 Å². The number of nitrogens with one attached hydrogen (secondary N) is 2. The standard InChI is InChI=1S/C27H30N2O4/c1-19(2)33-23-13-11-21(12-14-23)8-5-15-28-27(31)25(18-24-10-6-16-32-24)29-26(30)22-9-4-7-20(3)17-22/h4,6-7,9-14,16-19H,5,8,15H2,1-3H3,(H,28,31)(H,29,30)/b25-18-. The van der Waals surface area contributed by atoms with Gasteiger partial charge in [-0.1, -0.05) is 29.8 Å². The van der Waals surface area contributed by atoms with E-state index in [0.717, 1.165) is 24.2 Å². The Labute approximate surface area is 194 Å². The summed E-state index contributed by atoms with van der Waals surface area (Å²) in [5, 5.41) is 5.60. The normalized spacial score (nSPS) is 11.3. The van der Waals surface area contributed by atoms with Crippen LogP contribution in [0, 0.1) is 6.92 Å². The van der Waals surface area contributed by atoms with Gasteiger partial charge in [0.1, 0.15) is 17.2 Å². The van der Waals surface area contributed by atoms with E-state index < -0.39 is 0 Å². The van der Waals surface area contributed by atoms with Crippen LogP contribution in [0.1, 0.15) is 47.5 Å². The fourth-order valence-electron chi connectivity index (χ4n) is 3.25. The molecule has 6 nitrogen and oxygen atoms in total. The van der Waals surface area contributed by atoms with E-state index in [2.05, 4.69) is 10.6 Å². The third-order valence-corrected chi connectivity index (χ3v) is 4.83. The molecule has 0 atom stereocenters. The monoisotopic (exact) mass is 446 g/mol. The topological polar surface area (TPSA) is 80.6 Å². The van der Waals surface area contributed by atoms with Crippen molar-refractivity contribution >= 4 is 17.9 Å². The van der Waals surface area contributed by atoms with Gasteiger partial charge in [-0.25, -0.2) is 0 Å². The molecule has 3 rings (SSSR count). The highest BCUT2D eigenvalue weighted by atomic mass is 16.5. The molecule has 1 heterocycles. The summed E-state index contributed by atoms with van der Waals surface area (Å²) in [6.45, 7) is 6.37. The van der Waals surface area contributed by atoms with Crippen LogP contribution in [0.3, 0.4) is 0 Å². The largest absolute Gasteiger partial charge is 0.491 e. The van der Waals surface area contributed by atoms with Gasteiger partial charge in [0, 0.05) is 18.2 Å². The molecule has 0 radical (unpaired) electrons. The molecule has 0 unspecified atom stereocenters. The second kappa shape index (κ2) is 11.7. The lowest BCUT2D eigenvalue weighted by Crippen LogP contribution is -2.35. The van der Waals surface area contributed by atoms with Crippen molar-refractivity contribution in [3.63, 3.8) is 0 Å². The van der Waals surface area contributed by atoms with Gasteiger partial charge in [0.2, 0.25) is 0 Å². The molecule has 0 fully saturated rings. The Kier molecular flexibility index (Phi) is 8.47. The summed E-state index contributed by atoms with van der Waals surface area (Å²) in [6.07, 6.45) is 4.75. The molecule has 0 aliphatic heterocycles. The van der Waals surface area contributed by atoms with Crippen LogP contribution >= 0.6 is 0 Å².